The van der Waals surface area contributed by atoms with E-state index in [2.05, 4.69) is 167 Å². The summed E-state index contributed by atoms with van der Waals surface area (Å²) in [4.78, 5) is 0. The van der Waals surface area contributed by atoms with Gasteiger partial charge in [-0.3, -0.25) is 0 Å². The summed E-state index contributed by atoms with van der Waals surface area (Å²) in [7, 11) is -0.423. The minimum atomic E-state index is -0.423. The van der Waals surface area contributed by atoms with Gasteiger partial charge in [0.25, 0.3) is 0 Å². The van der Waals surface area contributed by atoms with Gasteiger partial charge in [0, 0.05) is 21.9 Å². The molecule has 49 heavy (non-hydrogen) atoms. The molecule has 0 bridgehead atoms. The molecule has 2 heterocycles. The molecule has 10 rings (SSSR count). The third-order valence-corrected chi connectivity index (χ3v) is 12.0. The molecular weight excluding hydrogens is 597 g/mol. The Bertz CT molecular complexity index is 2680. The molecule has 0 unspecified atom stereocenters. The highest BCUT2D eigenvalue weighted by atomic mass is 16.7. The Morgan fingerprint density at radius 1 is 0.449 bits per heavy atom. The normalized spacial score (nSPS) is 17.5. The molecule has 0 saturated carbocycles. The molecule has 2 aliphatic rings. The Hall–Kier alpha value is -4.90. The zero-order valence-electron chi connectivity index (χ0n) is 28.9. The first-order chi connectivity index (χ1) is 23.5. The molecule has 1 saturated heterocycles. The predicted molar refractivity (Wildman–Crippen MR) is 207 cm³/mol. The van der Waals surface area contributed by atoms with Gasteiger partial charge in [0.15, 0.2) is 0 Å². The summed E-state index contributed by atoms with van der Waals surface area (Å²) in [6.45, 7) is 13.3. The van der Waals surface area contributed by atoms with E-state index in [0.717, 1.165) is 11.2 Å². The van der Waals surface area contributed by atoms with Gasteiger partial charge in [-0.15, -0.1) is 0 Å². The second-order valence-electron chi connectivity index (χ2n) is 15.6. The molecule has 4 heteroatoms. The predicted octanol–water partition coefficient (Wildman–Crippen LogP) is 10.8. The molecule has 1 aliphatic carbocycles. The standard InChI is InChI=1S/C45H38BNO2/c1-43(2)39-25-34-32-19-13-11-17-30(32)29-16-10-12-18-31(29)33(34)23-35(39)36-24-38-37-22-27(46-48-44(3,4)45(5,6)49-46)20-21-41(37)47(42(38)26-40(36)43)28-14-8-7-9-15-28/h7-26H,1-6H3. The Morgan fingerprint density at radius 3 is 1.55 bits per heavy atom. The van der Waals surface area contributed by atoms with Crippen LogP contribution in [0, 0.1) is 0 Å². The van der Waals surface area contributed by atoms with Crippen molar-refractivity contribution in [1.82, 2.24) is 4.57 Å². The van der Waals surface area contributed by atoms with E-state index in [1.165, 1.54) is 76.4 Å². The minimum absolute atomic E-state index is 0.175. The van der Waals surface area contributed by atoms with E-state index in [-0.39, 0.29) is 5.41 Å². The molecule has 0 spiro atoms. The Kier molecular flexibility index (Phi) is 5.71. The first-order valence-electron chi connectivity index (χ1n) is 17.5. The van der Waals surface area contributed by atoms with Gasteiger partial charge in [-0.25, -0.2) is 0 Å². The van der Waals surface area contributed by atoms with Crippen LogP contribution >= 0.6 is 0 Å². The van der Waals surface area contributed by atoms with Crippen molar-refractivity contribution < 1.29 is 9.31 Å². The number of fused-ring (bicyclic) bond motifs is 12. The van der Waals surface area contributed by atoms with Crippen LogP contribution in [0.5, 0.6) is 0 Å². The molecule has 8 aromatic rings. The summed E-state index contributed by atoms with van der Waals surface area (Å²) in [6.07, 6.45) is 0. The zero-order valence-corrected chi connectivity index (χ0v) is 28.9. The van der Waals surface area contributed by atoms with Crippen LogP contribution in [-0.4, -0.2) is 22.9 Å². The van der Waals surface area contributed by atoms with E-state index < -0.39 is 18.3 Å². The second-order valence-corrected chi connectivity index (χ2v) is 15.6. The molecule has 1 fully saturated rings. The number of aromatic nitrogens is 1. The van der Waals surface area contributed by atoms with Crippen LogP contribution in [-0.2, 0) is 14.7 Å². The van der Waals surface area contributed by atoms with Crippen LogP contribution in [0.15, 0.2) is 121 Å². The van der Waals surface area contributed by atoms with Gasteiger partial charge in [0.2, 0.25) is 0 Å². The van der Waals surface area contributed by atoms with Crippen molar-refractivity contribution in [2.24, 2.45) is 0 Å². The largest absolute Gasteiger partial charge is 0.494 e. The number of rotatable bonds is 2. The van der Waals surface area contributed by atoms with Gasteiger partial charge in [-0.2, -0.15) is 0 Å². The number of hydrogen-bond acceptors (Lipinski definition) is 2. The van der Waals surface area contributed by atoms with Gasteiger partial charge in [-0.05, 0) is 130 Å². The molecule has 238 valence electrons. The quantitative estimate of drug-likeness (QED) is 0.139. The van der Waals surface area contributed by atoms with Crippen LogP contribution in [0.25, 0.3) is 70.9 Å². The number of benzene rings is 7. The lowest BCUT2D eigenvalue weighted by molar-refractivity contribution is 0.00578. The maximum atomic E-state index is 6.53. The number of hydrogen-bond donors (Lipinski definition) is 0. The first kappa shape index (κ1) is 29.1. The van der Waals surface area contributed by atoms with E-state index in [1.807, 2.05) is 0 Å². The van der Waals surface area contributed by atoms with Crippen molar-refractivity contribution >= 4 is 66.7 Å². The van der Waals surface area contributed by atoms with Crippen LogP contribution in [0.4, 0.5) is 0 Å². The summed E-state index contributed by atoms with van der Waals surface area (Å²) in [5, 5.41) is 10.3. The molecule has 0 amide bonds. The van der Waals surface area contributed by atoms with E-state index in [4.69, 9.17) is 9.31 Å². The monoisotopic (exact) mass is 635 g/mol. The van der Waals surface area contributed by atoms with Gasteiger partial charge in [-0.1, -0.05) is 92.7 Å². The average molecular weight is 636 g/mol. The fraction of sp³-hybridized carbons (Fsp3) is 0.200. The SMILES string of the molecule is CC1(C)c2cc3c4ccccc4c4ccccc4c3cc2-c2cc3c4cc(B5OC(C)(C)C(C)(C)O5)ccc4n(-c4ccccc4)c3cc21. The lowest BCUT2D eigenvalue weighted by atomic mass is 9.78. The lowest BCUT2D eigenvalue weighted by Gasteiger charge is -2.32. The fourth-order valence-electron chi connectivity index (χ4n) is 8.64. The Balaban J connectivity index is 1.27. The summed E-state index contributed by atoms with van der Waals surface area (Å²) in [5.74, 6) is 0. The van der Waals surface area contributed by atoms with Crippen molar-refractivity contribution in [3.05, 3.63) is 132 Å². The fourth-order valence-corrected chi connectivity index (χ4v) is 8.64. The second kappa shape index (κ2) is 9.62. The van der Waals surface area contributed by atoms with Crippen LogP contribution in [0.1, 0.15) is 52.7 Å². The molecular formula is C45H38BNO2. The highest BCUT2D eigenvalue weighted by molar-refractivity contribution is 6.62. The van der Waals surface area contributed by atoms with Crippen LogP contribution in [0.3, 0.4) is 0 Å². The Labute approximate surface area is 287 Å². The molecule has 0 atom stereocenters. The maximum absolute atomic E-state index is 6.53. The summed E-state index contributed by atoms with van der Waals surface area (Å²) in [6, 6.07) is 45.1. The van der Waals surface area contributed by atoms with Crippen LogP contribution in [0.2, 0.25) is 0 Å². The smallest absolute Gasteiger partial charge is 0.399 e. The van der Waals surface area contributed by atoms with Gasteiger partial charge >= 0.3 is 7.12 Å². The van der Waals surface area contributed by atoms with Crippen molar-refractivity contribution in [3.8, 4) is 16.8 Å². The summed E-state index contributed by atoms with van der Waals surface area (Å²) in [5.41, 5.74) is 9.01. The average Bonchev–Trinajstić information content (AvgIpc) is 3.63. The molecule has 0 N–H and O–H groups in total. The van der Waals surface area contributed by atoms with E-state index in [0.29, 0.717) is 0 Å². The molecule has 3 nitrogen and oxygen atoms in total. The van der Waals surface area contributed by atoms with Crippen molar-refractivity contribution in [2.75, 3.05) is 0 Å². The maximum Gasteiger partial charge on any atom is 0.494 e. The van der Waals surface area contributed by atoms with Crippen molar-refractivity contribution in [3.63, 3.8) is 0 Å². The van der Waals surface area contributed by atoms with Gasteiger partial charge < -0.3 is 13.9 Å². The molecule has 1 aliphatic heterocycles. The number of para-hydroxylation sites is 1. The van der Waals surface area contributed by atoms with E-state index in [1.54, 1.807) is 0 Å². The lowest BCUT2D eigenvalue weighted by Crippen LogP contribution is -2.41. The Morgan fingerprint density at radius 2 is 0.939 bits per heavy atom. The molecule has 1 aromatic heterocycles. The minimum Gasteiger partial charge on any atom is -0.399 e. The van der Waals surface area contributed by atoms with Gasteiger partial charge in [0.1, 0.15) is 0 Å². The topological polar surface area (TPSA) is 23.4 Å². The van der Waals surface area contributed by atoms with Gasteiger partial charge in [0.05, 0.1) is 22.2 Å². The first-order valence-corrected chi connectivity index (χ1v) is 17.5. The highest BCUT2D eigenvalue weighted by Gasteiger charge is 2.51. The van der Waals surface area contributed by atoms with E-state index >= 15 is 0 Å². The van der Waals surface area contributed by atoms with Crippen LogP contribution < -0.4 is 5.46 Å². The molecule has 0 radical (unpaired) electrons. The third kappa shape index (κ3) is 3.87. The summed E-state index contributed by atoms with van der Waals surface area (Å²) < 4.78 is 15.5. The molecule has 7 aromatic carbocycles. The third-order valence-electron chi connectivity index (χ3n) is 12.0. The van der Waals surface area contributed by atoms with Crippen molar-refractivity contribution in [1.29, 1.82) is 0 Å². The highest BCUT2D eigenvalue weighted by Crippen LogP contribution is 2.53. The zero-order chi connectivity index (χ0) is 33.4. The van der Waals surface area contributed by atoms with E-state index in [9.17, 15) is 0 Å². The van der Waals surface area contributed by atoms with Crippen molar-refractivity contribution in [2.45, 2.75) is 58.2 Å². The summed E-state index contributed by atoms with van der Waals surface area (Å²) >= 11 is 0. The number of nitrogens with zero attached hydrogens (tertiary/aromatic N) is 1.